The van der Waals surface area contributed by atoms with Gasteiger partial charge in [0.15, 0.2) is 4.47 Å². The van der Waals surface area contributed by atoms with E-state index < -0.39 is 10.1 Å². The van der Waals surface area contributed by atoms with Gasteiger partial charge in [-0.1, -0.05) is 11.6 Å². The Kier molecular flexibility index (Phi) is 2.23. The van der Waals surface area contributed by atoms with Crippen molar-refractivity contribution in [1.29, 1.82) is 0 Å². The minimum Gasteiger partial charge on any atom is -0.282 e. The first-order valence-corrected chi connectivity index (χ1v) is 6.14. The van der Waals surface area contributed by atoms with Gasteiger partial charge in [0.05, 0.1) is 15.1 Å². The highest BCUT2D eigenvalue weighted by Gasteiger charge is 2.11. The molecule has 1 N–H and O–H groups in total. The van der Waals surface area contributed by atoms with Gasteiger partial charge >= 0.3 is 0 Å². The Labute approximate surface area is 88.9 Å². The molecule has 0 radical (unpaired) electrons. The first kappa shape index (κ1) is 9.85. The van der Waals surface area contributed by atoms with E-state index in [-0.39, 0.29) is 4.90 Å². The van der Waals surface area contributed by atoms with Crippen LogP contribution in [0.5, 0.6) is 0 Å². The molecule has 2 rings (SSSR count). The number of thiazole rings is 1. The Balaban J connectivity index is 2.74. The molecule has 7 heteroatoms. The van der Waals surface area contributed by atoms with Crippen LogP contribution in [-0.4, -0.2) is 18.0 Å². The van der Waals surface area contributed by atoms with Crippen molar-refractivity contribution in [3.05, 3.63) is 22.7 Å². The molecule has 0 amide bonds. The van der Waals surface area contributed by atoms with E-state index in [1.165, 1.54) is 18.2 Å². The molecule has 2 aromatic rings. The van der Waals surface area contributed by atoms with Crippen LogP contribution in [0.15, 0.2) is 23.1 Å². The SMILES string of the molecule is O=S(=O)(O)c1ccc2nc(Cl)sc2c1. The van der Waals surface area contributed by atoms with Crippen molar-refractivity contribution in [1.82, 2.24) is 4.98 Å². The zero-order valence-corrected chi connectivity index (χ0v) is 9.03. The predicted molar refractivity (Wildman–Crippen MR) is 54.4 cm³/mol. The Hall–Kier alpha value is -0.690. The van der Waals surface area contributed by atoms with Crippen molar-refractivity contribution in [3.8, 4) is 0 Å². The Morgan fingerprint density at radius 2 is 2.14 bits per heavy atom. The minimum atomic E-state index is -4.15. The molecule has 0 saturated carbocycles. The van der Waals surface area contributed by atoms with Crippen molar-refractivity contribution in [2.75, 3.05) is 0 Å². The number of hydrogen-bond acceptors (Lipinski definition) is 4. The van der Waals surface area contributed by atoms with Crippen LogP contribution in [-0.2, 0) is 10.1 Å². The van der Waals surface area contributed by atoms with Crippen molar-refractivity contribution in [2.45, 2.75) is 4.90 Å². The summed E-state index contributed by atoms with van der Waals surface area (Å²) in [6.07, 6.45) is 0. The van der Waals surface area contributed by atoms with E-state index in [4.69, 9.17) is 16.2 Å². The summed E-state index contributed by atoms with van der Waals surface area (Å²) >= 11 is 6.81. The van der Waals surface area contributed by atoms with E-state index in [9.17, 15) is 8.42 Å². The van der Waals surface area contributed by atoms with Gasteiger partial charge in [-0.15, -0.1) is 11.3 Å². The number of rotatable bonds is 1. The van der Waals surface area contributed by atoms with Crippen LogP contribution in [0.3, 0.4) is 0 Å². The third-order valence-electron chi connectivity index (χ3n) is 1.63. The van der Waals surface area contributed by atoms with Gasteiger partial charge in [0.25, 0.3) is 10.1 Å². The summed E-state index contributed by atoms with van der Waals surface area (Å²) in [6, 6.07) is 4.13. The lowest BCUT2D eigenvalue weighted by Gasteiger charge is -1.94. The standard InChI is InChI=1S/C7H4ClNO3S2/c8-7-9-5-2-1-4(14(10,11)12)3-6(5)13-7/h1-3H,(H,10,11,12). The lowest BCUT2D eigenvalue weighted by Crippen LogP contribution is -1.96. The van der Waals surface area contributed by atoms with E-state index >= 15 is 0 Å². The van der Waals surface area contributed by atoms with Gasteiger partial charge < -0.3 is 0 Å². The monoisotopic (exact) mass is 249 g/mol. The Morgan fingerprint density at radius 1 is 1.43 bits per heavy atom. The van der Waals surface area contributed by atoms with Crippen molar-refractivity contribution in [2.24, 2.45) is 0 Å². The molecule has 14 heavy (non-hydrogen) atoms. The van der Waals surface area contributed by atoms with E-state index in [2.05, 4.69) is 4.98 Å². The number of fused-ring (bicyclic) bond motifs is 1. The number of nitrogens with zero attached hydrogens (tertiary/aromatic N) is 1. The molecule has 0 aliphatic heterocycles. The van der Waals surface area contributed by atoms with Crippen LogP contribution in [0.25, 0.3) is 10.2 Å². The molecule has 0 saturated heterocycles. The molecule has 0 bridgehead atoms. The maximum absolute atomic E-state index is 10.8. The van der Waals surface area contributed by atoms with Crippen LogP contribution < -0.4 is 0 Å². The highest BCUT2D eigenvalue weighted by Crippen LogP contribution is 2.27. The molecule has 0 aliphatic carbocycles. The van der Waals surface area contributed by atoms with Crippen molar-refractivity contribution >= 4 is 43.3 Å². The third kappa shape index (κ3) is 1.74. The summed E-state index contributed by atoms with van der Waals surface area (Å²) in [5.41, 5.74) is 0.618. The van der Waals surface area contributed by atoms with Crippen LogP contribution in [0.1, 0.15) is 0 Å². The fourth-order valence-electron chi connectivity index (χ4n) is 1.04. The van der Waals surface area contributed by atoms with Gasteiger partial charge in [-0.3, -0.25) is 4.55 Å². The van der Waals surface area contributed by atoms with Crippen LogP contribution in [0.4, 0.5) is 0 Å². The minimum absolute atomic E-state index is 0.148. The number of hydrogen-bond donors (Lipinski definition) is 1. The predicted octanol–water partition coefficient (Wildman–Crippen LogP) is 2.20. The maximum Gasteiger partial charge on any atom is 0.294 e. The molecule has 0 atom stereocenters. The topological polar surface area (TPSA) is 67.3 Å². The second kappa shape index (κ2) is 3.16. The van der Waals surface area contributed by atoms with E-state index in [1.807, 2.05) is 0 Å². The molecule has 1 aromatic heterocycles. The molecule has 74 valence electrons. The molecule has 0 fully saturated rings. The van der Waals surface area contributed by atoms with E-state index in [0.717, 1.165) is 11.3 Å². The lowest BCUT2D eigenvalue weighted by atomic mass is 10.3. The smallest absolute Gasteiger partial charge is 0.282 e. The van der Waals surface area contributed by atoms with Gasteiger partial charge in [0, 0.05) is 0 Å². The molecule has 4 nitrogen and oxygen atoms in total. The molecule has 0 spiro atoms. The highest BCUT2D eigenvalue weighted by molar-refractivity contribution is 7.85. The quantitative estimate of drug-likeness (QED) is 0.787. The van der Waals surface area contributed by atoms with Crippen molar-refractivity contribution in [3.63, 3.8) is 0 Å². The van der Waals surface area contributed by atoms with Gasteiger partial charge in [-0.05, 0) is 18.2 Å². The normalized spacial score (nSPS) is 12.1. The average Bonchev–Trinajstić information content (AvgIpc) is 2.41. The second-order valence-corrected chi connectivity index (χ2v) is 5.61. The summed E-state index contributed by atoms with van der Waals surface area (Å²) < 4.78 is 31.3. The van der Waals surface area contributed by atoms with E-state index in [1.54, 1.807) is 0 Å². The number of aromatic nitrogens is 1. The third-order valence-corrected chi connectivity index (χ3v) is 3.60. The Morgan fingerprint density at radius 3 is 2.79 bits per heavy atom. The molecule has 0 unspecified atom stereocenters. The Bertz CT molecular complexity index is 590. The average molecular weight is 250 g/mol. The largest absolute Gasteiger partial charge is 0.294 e. The summed E-state index contributed by atoms with van der Waals surface area (Å²) in [5, 5.41) is 0. The number of halogens is 1. The van der Waals surface area contributed by atoms with Crippen LogP contribution in [0.2, 0.25) is 4.47 Å². The van der Waals surface area contributed by atoms with Crippen LogP contribution >= 0.6 is 22.9 Å². The molecular formula is C7H4ClNO3S2. The zero-order chi connectivity index (χ0) is 10.3. The van der Waals surface area contributed by atoms with Gasteiger partial charge in [0.2, 0.25) is 0 Å². The fourth-order valence-corrected chi connectivity index (χ4v) is 2.69. The lowest BCUT2D eigenvalue weighted by molar-refractivity contribution is 0.483. The van der Waals surface area contributed by atoms with Gasteiger partial charge in [0.1, 0.15) is 0 Å². The highest BCUT2D eigenvalue weighted by atomic mass is 35.5. The summed E-state index contributed by atoms with van der Waals surface area (Å²) in [5.74, 6) is 0. The molecule has 1 heterocycles. The summed E-state index contributed by atoms with van der Waals surface area (Å²) in [4.78, 5) is 3.80. The molecular weight excluding hydrogens is 246 g/mol. The van der Waals surface area contributed by atoms with Crippen molar-refractivity contribution < 1.29 is 13.0 Å². The molecule has 0 aliphatic rings. The molecule has 1 aromatic carbocycles. The first-order valence-electron chi connectivity index (χ1n) is 3.50. The zero-order valence-electron chi connectivity index (χ0n) is 6.64. The fraction of sp³-hybridized carbons (Fsp3) is 0. The summed E-state index contributed by atoms with van der Waals surface area (Å²) in [6.45, 7) is 0. The first-order chi connectivity index (χ1) is 6.47. The second-order valence-electron chi connectivity index (χ2n) is 2.57. The summed E-state index contributed by atoms with van der Waals surface area (Å²) in [7, 11) is -4.15. The van der Waals surface area contributed by atoms with Gasteiger partial charge in [-0.2, -0.15) is 8.42 Å². The van der Waals surface area contributed by atoms with Crippen LogP contribution in [0, 0.1) is 0 Å². The van der Waals surface area contributed by atoms with Gasteiger partial charge in [-0.25, -0.2) is 4.98 Å². The van der Waals surface area contributed by atoms with E-state index in [0.29, 0.717) is 14.7 Å². The number of benzene rings is 1. The maximum atomic E-state index is 10.8.